The van der Waals surface area contributed by atoms with E-state index in [1.165, 1.54) is 16.9 Å². The zero-order valence-electron chi connectivity index (χ0n) is 8.14. The number of aromatic nitrogens is 2. The lowest BCUT2D eigenvalue weighted by Gasteiger charge is -2.04. The number of nitrogens with zero attached hydrogens (tertiary/aromatic N) is 2. The third-order valence-electron chi connectivity index (χ3n) is 2.19. The molecule has 0 unspecified atom stereocenters. The van der Waals surface area contributed by atoms with Gasteiger partial charge in [-0.1, -0.05) is 12.1 Å². The van der Waals surface area contributed by atoms with Gasteiger partial charge in [0.1, 0.15) is 17.2 Å². The number of benzene rings is 1. The molecule has 0 fully saturated rings. The van der Waals surface area contributed by atoms with Crippen LogP contribution in [0.4, 0.5) is 4.39 Å². The van der Waals surface area contributed by atoms with Crippen molar-refractivity contribution in [2.75, 3.05) is 0 Å². The summed E-state index contributed by atoms with van der Waals surface area (Å²) in [6.07, 6.45) is 2.21. The van der Waals surface area contributed by atoms with Gasteiger partial charge in [0.15, 0.2) is 6.29 Å². The van der Waals surface area contributed by atoms with Crippen LogP contribution in [-0.4, -0.2) is 16.1 Å². The van der Waals surface area contributed by atoms with Gasteiger partial charge in [-0.3, -0.25) is 4.79 Å². The summed E-state index contributed by atoms with van der Waals surface area (Å²) in [5.74, 6) is -0.399. The van der Waals surface area contributed by atoms with Crippen molar-refractivity contribution in [1.29, 1.82) is 0 Å². The Morgan fingerprint density at radius 3 is 2.80 bits per heavy atom. The van der Waals surface area contributed by atoms with Gasteiger partial charge in [0.2, 0.25) is 0 Å². The van der Waals surface area contributed by atoms with Crippen molar-refractivity contribution in [2.24, 2.45) is 0 Å². The average molecular weight is 204 g/mol. The van der Waals surface area contributed by atoms with Crippen LogP contribution in [0.1, 0.15) is 16.1 Å². The quantitative estimate of drug-likeness (QED) is 0.702. The summed E-state index contributed by atoms with van der Waals surface area (Å²) in [4.78, 5) is 10.8. The van der Waals surface area contributed by atoms with E-state index in [0.29, 0.717) is 12.0 Å². The third kappa shape index (κ3) is 1.54. The molecule has 0 saturated carbocycles. The van der Waals surface area contributed by atoms with Crippen LogP contribution in [0.15, 0.2) is 30.5 Å². The molecular formula is C11H9FN2O. The van der Waals surface area contributed by atoms with Crippen LogP contribution in [-0.2, 0) is 0 Å². The number of carbonyl (C=O) groups excluding carboxylic acids is 1. The van der Waals surface area contributed by atoms with Gasteiger partial charge >= 0.3 is 0 Å². The molecule has 0 atom stereocenters. The topological polar surface area (TPSA) is 34.9 Å². The van der Waals surface area contributed by atoms with E-state index in [0.717, 1.165) is 5.56 Å². The molecule has 1 aromatic carbocycles. The van der Waals surface area contributed by atoms with E-state index in [2.05, 4.69) is 5.10 Å². The number of rotatable bonds is 2. The van der Waals surface area contributed by atoms with Crippen molar-refractivity contribution in [2.45, 2.75) is 6.92 Å². The summed E-state index contributed by atoms with van der Waals surface area (Å²) in [6, 6.07) is 6.20. The zero-order valence-corrected chi connectivity index (χ0v) is 8.14. The van der Waals surface area contributed by atoms with Crippen LogP contribution in [0.3, 0.4) is 0 Å². The summed E-state index contributed by atoms with van der Waals surface area (Å²) < 4.78 is 14.7. The Hall–Kier alpha value is -1.97. The second kappa shape index (κ2) is 3.65. The highest BCUT2D eigenvalue weighted by molar-refractivity contribution is 5.75. The number of carbonyl (C=O) groups is 1. The molecule has 76 valence electrons. The van der Waals surface area contributed by atoms with Gasteiger partial charge in [0.05, 0.1) is 6.20 Å². The predicted octanol–water partition coefficient (Wildman–Crippen LogP) is 2.13. The molecule has 0 amide bonds. The highest BCUT2D eigenvalue weighted by Crippen LogP contribution is 2.15. The van der Waals surface area contributed by atoms with Gasteiger partial charge in [-0.25, -0.2) is 9.07 Å². The van der Waals surface area contributed by atoms with Crippen LogP contribution in [0.5, 0.6) is 0 Å². The lowest BCUT2D eigenvalue weighted by Crippen LogP contribution is -2.04. The summed E-state index contributed by atoms with van der Waals surface area (Å²) in [5, 5.41) is 3.96. The molecule has 2 rings (SSSR count). The highest BCUT2D eigenvalue weighted by Gasteiger charge is 2.10. The molecule has 3 nitrogen and oxygen atoms in total. The lowest BCUT2D eigenvalue weighted by molar-refractivity contribution is 0.111. The number of aldehydes is 1. The van der Waals surface area contributed by atoms with Crippen LogP contribution in [0.2, 0.25) is 0 Å². The maximum absolute atomic E-state index is 13.4. The van der Waals surface area contributed by atoms with Crippen molar-refractivity contribution in [1.82, 2.24) is 9.78 Å². The van der Waals surface area contributed by atoms with Gasteiger partial charge in [0.25, 0.3) is 0 Å². The predicted molar refractivity (Wildman–Crippen MR) is 53.6 cm³/mol. The molecule has 15 heavy (non-hydrogen) atoms. The van der Waals surface area contributed by atoms with Gasteiger partial charge in [-0.15, -0.1) is 0 Å². The first-order valence-corrected chi connectivity index (χ1v) is 4.48. The van der Waals surface area contributed by atoms with E-state index in [-0.39, 0.29) is 5.69 Å². The summed E-state index contributed by atoms with van der Waals surface area (Å²) in [6.45, 7) is 1.76. The molecule has 1 heterocycles. The van der Waals surface area contributed by atoms with Crippen molar-refractivity contribution >= 4 is 6.29 Å². The fourth-order valence-electron chi connectivity index (χ4n) is 1.40. The zero-order chi connectivity index (χ0) is 10.8. The standard InChI is InChI=1S/C11H9FN2O/c1-8-6-13-14(11(8)7-15)10-5-3-2-4-9(10)12/h2-7H,1H3. The van der Waals surface area contributed by atoms with Crippen LogP contribution < -0.4 is 0 Å². The van der Waals surface area contributed by atoms with Gasteiger partial charge < -0.3 is 0 Å². The average Bonchev–Trinajstić information content (AvgIpc) is 2.60. The fraction of sp³-hybridized carbons (Fsp3) is 0.0909. The number of hydrogen-bond donors (Lipinski definition) is 0. The lowest BCUT2D eigenvalue weighted by atomic mass is 10.2. The Labute approximate surface area is 86.2 Å². The highest BCUT2D eigenvalue weighted by atomic mass is 19.1. The molecule has 4 heteroatoms. The molecule has 0 spiro atoms. The first-order chi connectivity index (χ1) is 7.24. The van der Waals surface area contributed by atoms with Gasteiger partial charge in [-0.05, 0) is 24.6 Å². The third-order valence-corrected chi connectivity index (χ3v) is 2.19. The molecule has 0 radical (unpaired) electrons. The molecule has 1 aromatic heterocycles. The minimum atomic E-state index is -0.399. The smallest absolute Gasteiger partial charge is 0.168 e. The van der Waals surface area contributed by atoms with Crippen molar-refractivity contribution in [3.63, 3.8) is 0 Å². The number of aryl methyl sites for hydroxylation is 1. The Bertz CT molecular complexity index is 505. The second-order valence-electron chi connectivity index (χ2n) is 3.19. The number of para-hydroxylation sites is 1. The second-order valence-corrected chi connectivity index (χ2v) is 3.19. The minimum Gasteiger partial charge on any atom is -0.296 e. The maximum Gasteiger partial charge on any atom is 0.168 e. The maximum atomic E-state index is 13.4. The van der Waals surface area contributed by atoms with Gasteiger partial charge in [-0.2, -0.15) is 5.10 Å². The Balaban J connectivity index is 2.64. The molecule has 0 N–H and O–H groups in total. The number of hydrogen-bond acceptors (Lipinski definition) is 2. The first-order valence-electron chi connectivity index (χ1n) is 4.48. The number of halogens is 1. The summed E-state index contributed by atoms with van der Waals surface area (Å²) >= 11 is 0. The SMILES string of the molecule is Cc1cnn(-c2ccccc2F)c1C=O. The monoisotopic (exact) mass is 204 g/mol. The summed E-state index contributed by atoms with van der Waals surface area (Å²) in [5.41, 5.74) is 1.39. The molecule has 0 aliphatic heterocycles. The van der Waals surface area contributed by atoms with E-state index < -0.39 is 5.82 Å². The Kier molecular flexibility index (Phi) is 2.33. The van der Waals surface area contributed by atoms with Crippen LogP contribution >= 0.6 is 0 Å². The largest absolute Gasteiger partial charge is 0.296 e. The normalized spacial score (nSPS) is 10.3. The van der Waals surface area contributed by atoms with Crippen molar-refractivity contribution in [3.8, 4) is 5.69 Å². The Morgan fingerprint density at radius 1 is 1.40 bits per heavy atom. The van der Waals surface area contributed by atoms with E-state index in [9.17, 15) is 9.18 Å². The first kappa shape index (κ1) is 9.58. The van der Waals surface area contributed by atoms with E-state index in [1.807, 2.05) is 0 Å². The fourth-order valence-corrected chi connectivity index (χ4v) is 1.40. The molecule has 0 saturated heterocycles. The summed E-state index contributed by atoms with van der Waals surface area (Å²) in [7, 11) is 0. The molecular weight excluding hydrogens is 195 g/mol. The van der Waals surface area contributed by atoms with Crippen molar-refractivity contribution in [3.05, 3.63) is 47.5 Å². The van der Waals surface area contributed by atoms with E-state index in [1.54, 1.807) is 25.1 Å². The minimum absolute atomic E-state index is 0.285. The Morgan fingerprint density at radius 2 is 2.13 bits per heavy atom. The van der Waals surface area contributed by atoms with E-state index >= 15 is 0 Å². The van der Waals surface area contributed by atoms with Crippen LogP contribution in [0.25, 0.3) is 5.69 Å². The van der Waals surface area contributed by atoms with E-state index in [4.69, 9.17) is 0 Å². The van der Waals surface area contributed by atoms with Crippen molar-refractivity contribution < 1.29 is 9.18 Å². The molecule has 0 aliphatic carbocycles. The van der Waals surface area contributed by atoms with Crippen LogP contribution in [0, 0.1) is 12.7 Å². The molecule has 0 bridgehead atoms. The molecule has 0 aliphatic rings. The van der Waals surface area contributed by atoms with Gasteiger partial charge in [0, 0.05) is 0 Å². The molecule has 2 aromatic rings.